The second-order valence-corrected chi connectivity index (χ2v) is 6.00. The highest BCUT2D eigenvalue weighted by molar-refractivity contribution is 7.10. The van der Waals surface area contributed by atoms with Crippen LogP contribution >= 0.6 is 11.3 Å². The fourth-order valence-electron chi connectivity index (χ4n) is 1.94. The van der Waals surface area contributed by atoms with Crippen LogP contribution in [-0.4, -0.2) is 26.1 Å². The Hall–Kier alpha value is -1.95. The van der Waals surface area contributed by atoms with Crippen LogP contribution in [0.15, 0.2) is 36.2 Å². The van der Waals surface area contributed by atoms with Crippen LogP contribution in [-0.2, 0) is 5.41 Å². The van der Waals surface area contributed by atoms with E-state index in [1.807, 2.05) is 10.6 Å². The van der Waals surface area contributed by atoms with Gasteiger partial charge in [-0.15, -0.1) is 21.5 Å². The predicted octanol–water partition coefficient (Wildman–Crippen LogP) is 2.58. The van der Waals surface area contributed by atoms with Crippen molar-refractivity contribution in [3.8, 4) is 0 Å². The summed E-state index contributed by atoms with van der Waals surface area (Å²) in [5, 5.41) is 13.4. The summed E-state index contributed by atoms with van der Waals surface area (Å²) in [5.41, 5.74) is 0.812. The van der Waals surface area contributed by atoms with Gasteiger partial charge in [0.25, 0.3) is 0 Å². The molecule has 6 heteroatoms. The molecule has 3 heterocycles. The smallest absolute Gasteiger partial charge is 0.203 e. The van der Waals surface area contributed by atoms with Crippen molar-refractivity contribution in [2.24, 2.45) is 0 Å². The van der Waals surface area contributed by atoms with E-state index in [-0.39, 0.29) is 5.41 Å². The Morgan fingerprint density at radius 3 is 3.11 bits per heavy atom. The molecule has 3 aromatic heterocycles. The van der Waals surface area contributed by atoms with Crippen LogP contribution in [0.4, 0.5) is 5.82 Å². The molecule has 0 unspecified atom stereocenters. The topological polar surface area (TPSA) is 55.1 Å². The SMILES string of the molecule is CC(C)(CNc1nccn2cnnc12)c1cccs1. The van der Waals surface area contributed by atoms with Crippen molar-refractivity contribution in [3.05, 3.63) is 41.1 Å². The number of nitrogens with one attached hydrogen (secondary N) is 1. The van der Waals surface area contributed by atoms with Gasteiger partial charge in [0.1, 0.15) is 6.33 Å². The first-order valence-electron chi connectivity index (χ1n) is 6.09. The fraction of sp³-hybridized carbons (Fsp3) is 0.308. The summed E-state index contributed by atoms with van der Waals surface area (Å²) >= 11 is 1.78. The molecule has 0 bridgehead atoms. The van der Waals surface area contributed by atoms with Crippen LogP contribution in [0.25, 0.3) is 5.65 Å². The molecule has 0 aromatic carbocycles. The highest BCUT2D eigenvalue weighted by atomic mass is 32.1. The van der Waals surface area contributed by atoms with E-state index in [0.29, 0.717) is 0 Å². The minimum Gasteiger partial charge on any atom is -0.366 e. The number of hydrogen-bond acceptors (Lipinski definition) is 5. The summed E-state index contributed by atoms with van der Waals surface area (Å²) in [6, 6.07) is 4.25. The maximum atomic E-state index is 4.33. The Bertz CT molecular complexity index is 671. The Morgan fingerprint density at radius 2 is 2.32 bits per heavy atom. The van der Waals surface area contributed by atoms with Gasteiger partial charge in [0.05, 0.1) is 0 Å². The molecule has 3 aromatic rings. The standard InChI is InChI=1S/C13H15N5S/c1-13(2,10-4-3-7-19-10)8-15-11-12-17-16-9-18(12)6-5-14-11/h3-7,9H,8H2,1-2H3,(H,14,15). The van der Waals surface area contributed by atoms with E-state index in [1.54, 1.807) is 23.9 Å². The maximum Gasteiger partial charge on any atom is 0.203 e. The molecule has 0 aliphatic carbocycles. The maximum absolute atomic E-state index is 4.33. The van der Waals surface area contributed by atoms with E-state index in [0.717, 1.165) is 18.0 Å². The second kappa shape index (κ2) is 4.62. The van der Waals surface area contributed by atoms with Crippen molar-refractivity contribution >= 4 is 22.8 Å². The summed E-state index contributed by atoms with van der Waals surface area (Å²) in [7, 11) is 0. The highest BCUT2D eigenvalue weighted by Gasteiger charge is 2.22. The average molecular weight is 273 g/mol. The number of hydrogen-bond donors (Lipinski definition) is 1. The number of anilines is 1. The molecule has 0 atom stereocenters. The van der Waals surface area contributed by atoms with E-state index in [4.69, 9.17) is 0 Å². The van der Waals surface area contributed by atoms with Gasteiger partial charge in [-0.05, 0) is 11.4 Å². The van der Waals surface area contributed by atoms with E-state index in [9.17, 15) is 0 Å². The molecule has 0 aliphatic rings. The summed E-state index contributed by atoms with van der Waals surface area (Å²) < 4.78 is 1.85. The van der Waals surface area contributed by atoms with Gasteiger partial charge in [0.15, 0.2) is 5.82 Å². The Morgan fingerprint density at radius 1 is 1.42 bits per heavy atom. The molecule has 0 saturated carbocycles. The molecule has 5 nitrogen and oxygen atoms in total. The molecule has 19 heavy (non-hydrogen) atoms. The molecule has 0 fully saturated rings. The summed E-state index contributed by atoms with van der Waals surface area (Å²) in [5.74, 6) is 0.768. The van der Waals surface area contributed by atoms with Crippen LogP contribution in [0, 0.1) is 0 Å². The zero-order valence-corrected chi connectivity index (χ0v) is 11.7. The first-order chi connectivity index (χ1) is 9.17. The number of fused-ring (bicyclic) bond motifs is 1. The summed E-state index contributed by atoms with van der Waals surface area (Å²) in [6.45, 7) is 5.23. The normalized spacial score (nSPS) is 11.9. The van der Waals surface area contributed by atoms with Gasteiger partial charge in [-0.1, -0.05) is 19.9 Å². The predicted molar refractivity (Wildman–Crippen MR) is 76.6 cm³/mol. The average Bonchev–Trinajstić information content (AvgIpc) is 3.07. The van der Waals surface area contributed by atoms with E-state index in [1.165, 1.54) is 4.88 Å². The Balaban J connectivity index is 1.81. The largest absolute Gasteiger partial charge is 0.366 e. The molecular weight excluding hydrogens is 258 g/mol. The minimum atomic E-state index is 0.0582. The first kappa shape index (κ1) is 12.1. The second-order valence-electron chi connectivity index (χ2n) is 5.05. The molecule has 3 rings (SSSR count). The van der Waals surface area contributed by atoms with Gasteiger partial charge in [-0.25, -0.2) is 4.98 Å². The lowest BCUT2D eigenvalue weighted by molar-refractivity contribution is 0.568. The van der Waals surface area contributed by atoms with Crippen LogP contribution in [0.2, 0.25) is 0 Å². The van der Waals surface area contributed by atoms with E-state index < -0.39 is 0 Å². The van der Waals surface area contributed by atoms with E-state index in [2.05, 4.69) is 51.9 Å². The van der Waals surface area contributed by atoms with Crippen LogP contribution in [0.1, 0.15) is 18.7 Å². The zero-order valence-electron chi connectivity index (χ0n) is 10.9. The third-order valence-electron chi connectivity index (χ3n) is 3.10. The van der Waals surface area contributed by atoms with Crippen molar-refractivity contribution in [3.63, 3.8) is 0 Å². The van der Waals surface area contributed by atoms with Gasteiger partial charge in [0, 0.05) is 29.2 Å². The number of thiophene rings is 1. The summed E-state index contributed by atoms with van der Waals surface area (Å²) in [4.78, 5) is 5.69. The fourth-order valence-corrected chi connectivity index (χ4v) is 2.79. The lowest BCUT2D eigenvalue weighted by Crippen LogP contribution is -2.27. The zero-order chi connectivity index (χ0) is 13.3. The van der Waals surface area contributed by atoms with Crippen LogP contribution in [0.5, 0.6) is 0 Å². The minimum absolute atomic E-state index is 0.0582. The first-order valence-corrected chi connectivity index (χ1v) is 6.97. The number of nitrogens with zero attached hydrogens (tertiary/aromatic N) is 4. The van der Waals surface area contributed by atoms with Gasteiger partial charge in [-0.2, -0.15) is 0 Å². The molecule has 0 radical (unpaired) electrons. The van der Waals surface area contributed by atoms with Crippen molar-refractivity contribution in [1.82, 2.24) is 19.6 Å². The monoisotopic (exact) mass is 273 g/mol. The lowest BCUT2D eigenvalue weighted by atomic mass is 9.91. The van der Waals surface area contributed by atoms with Crippen molar-refractivity contribution < 1.29 is 0 Å². The Labute approximate surface area is 115 Å². The summed E-state index contributed by atoms with van der Waals surface area (Å²) in [6.07, 6.45) is 5.26. The number of rotatable bonds is 4. The third-order valence-corrected chi connectivity index (χ3v) is 4.34. The molecule has 0 saturated heterocycles. The lowest BCUT2D eigenvalue weighted by Gasteiger charge is -2.23. The quantitative estimate of drug-likeness (QED) is 0.794. The van der Waals surface area contributed by atoms with Gasteiger partial charge in [0.2, 0.25) is 5.65 Å². The highest BCUT2D eigenvalue weighted by Crippen LogP contribution is 2.27. The molecule has 0 amide bonds. The third kappa shape index (κ3) is 2.31. The molecule has 0 spiro atoms. The van der Waals surface area contributed by atoms with Gasteiger partial charge >= 0.3 is 0 Å². The van der Waals surface area contributed by atoms with Gasteiger partial charge < -0.3 is 5.32 Å². The van der Waals surface area contributed by atoms with E-state index >= 15 is 0 Å². The van der Waals surface area contributed by atoms with Crippen LogP contribution < -0.4 is 5.32 Å². The number of aromatic nitrogens is 4. The Kier molecular flexibility index (Phi) is 2.94. The molecule has 98 valence electrons. The van der Waals surface area contributed by atoms with Crippen molar-refractivity contribution in [1.29, 1.82) is 0 Å². The molecular formula is C13H15N5S. The van der Waals surface area contributed by atoms with Crippen LogP contribution in [0.3, 0.4) is 0 Å². The van der Waals surface area contributed by atoms with Gasteiger partial charge in [-0.3, -0.25) is 4.40 Å². The van der Waals surface area contributed by atoms with Crippen molar-refractivity contribution in [2.75, 3.05) is 11.9 Å². The molecule has 0 aliphatic heterocycles. The van der Waals surface area contributed by atoms with Crippen molar-refractivity contribution in [2.45, 2.75) is 19.3 Å². The molecule has 1 N–H and O–H groups in total.